The predicted molar refractivity (Wildman–Crippen MR) is 183 cm³/mol. The van der Waals surface area contributed by atoms with Crippen molar-refractivity contribution in [3.05, 3.63) is 125 Å². The lowest BCUT2D eigenvalue weighted by Gasteiger charge is -2.34. The van der Waals surface area contributed by atoms with E-state index in [9.17, 15) is 18.0 Å². The van der Waals surface area contributed by atoms with Crippen LogP contribution in [0.3, 0.4) is 0 Å². The highest BCUT2D eigenvalue weighted by molar-refractivity contribution is 7.92. The summed E-state index contributed by atoms with van der Waals surface area (Å²) in [5.41, 5.74) is 2.73. The summed E-state index contributed by atoms with van der Waals surface area (Å²) in [4.78, 5) is 29.9. The lowest BCUT2D eigenvalue weighted by atomic mass is 10.0. The molecular formula is C36H40ClN3O5S. The summed E-state index contributed by atoms with van der Waals surface area (Å²) in [6.45, 7) is 5.25. The van der Waals surface area contributed by atoms with Crippen LogP contribution < -0.4 is 14.4 Å². The first-order valence-corrected chi connectivity index (χ1v) is 17.0. The molecule has 0 fully saturated rings. The quantitative estimate of drug-likeness (QED) is 0.169. The van der Waals surface area contributed by atoms with Crippen molar-refractivity contribution in [2.24, 2.45) is 0 Å². The minimum atomic E-state index is -4.25. The molecule has 0 saturated carbocycles. The van der Waals surface area contributed by atoms with Crippen LogP contribution in [0.1, 0.15) is 37.0 Å². The summed E-state index contributed by atoms with van der Waals surface area (Å²) in [6, 6.07) is 28.7. The van der Waals surface area contributed by atoms with Crippen LogP contribution in [0.25, 0.3) is 0 Å². The molecule has 0 unspecified atom stereocenters. The topological polar surface area (TPSA) is 96.0 Å². The fourth-order valence-corrected chi connectivity index (χ4v) is 6.61. The van der Waals surface area contributed by atoms with Crippen molar-refractivity contribution < 1.29 is 22.7 Å². The summed E-state index contributed by atoms with van der Waals surface area (Å²) >= 11 is 6.45. The fraction of sp³-hybridized carbons (Fsp3) is 0.278. The number of methoxy groups -OCH3 is 1. The van der Waals surface area contributed by atoms with Gasteiger partial charge in [-0.3, -0.25) is 13.9 Å². The van der Waals surface area contributed by atoms with Crippen LogP contribution in [0.2, 0.25) is 5.02 Å². The van der Waals surface area contributed by atoms with Crippen LogP contribution in [-0.2, 0) is 32.6 Å². The lowest BCUT2D eigenvalue weighted by Crippen LogP contribution is -2.54. The maximum Gasteiger partial charge on any atom is 0.264 e. The molecule has 1 N–H and O–H groups in total. The van der Waals surface area contributed by atoms with Crippen LogP contribution in [-0.4, -0.2) is 50.9 Å². The summed E-state index contributed by atoms with van der Waals surface area (Å²) in [5, 5.41) is 3.23. The van der Waals surface area contributed by atoms with Crippen molar-refractivity contribution in [3.8, 4) is 5.75 Å². The molecule has 8 nitrogen and oxygen atoms in total. The number of aryl methyl sites for hydroxylation is 1. The molecule has 2 atom stereocenters. The third-order valence-corrected chi connectivity index (χ3v) is 9.86. The van der Waals surface area contributed by atoms with E-state index in [1.807, 2.05) is 81.4 Å². The average Bonchev–Trinajstić information content (AvgIpc) is 3.06. The number of rotatable bonds is 14. The monoisotopic (exact) mass is 661 g/mol. The van der Waals surface area contributed by atoms with Crippen molar-refractivity contribution >= 4 is 39.1 Å². The van der Waals surface area contributed by atoms with E-state index in [0.717, 1.165) is 21.0 Å². The molecule has 0 aliphatic heterocycles. The van der Waals surface area contributed by atoms with Gasteiger partial charge < -0.3 is 15.0 Å². The third kappa shape index (κ3) is 8.68. The molecular weight excluding hydrogens is 622 g/mol. The Balaban J connectivity index is 1.82. The van der Waals surface area contributed by atoms with E-state index in [1.165, 1.54) is 30.2 Å². The smallest absolute Gasteiger partial charge is 0.264 e. The lowest BCUT2D eigenvalue weighted by molar-refractivity contribution is -0.140. The normalized spacial score (nSPS) is 12.5. The Morgan fingerprint density at radius 3 is 2.07 bits per heavy atom. The van der Waals surface area contributed by atoms with Gasteiger partial charge in [0.15, 0.2) is 0 Å². The van der Waals surface area contributed by atoms with Crippen LogP contribution in [0.4, 0.5) is 5.69 Å². The molecule has 0 spiro atoms. The Hall–Kier alpha value is -4.34. The molecule has 4 rings (SSSR count). The average molecular weight is 662 g/mol. The summed E-state index contributed by atoms with van der Waals surface area (Å²) in [5.74, 6) is -0.505. The second kappa shape index (κ2) is 15.8. The Morgan fingerprint density at radius 1 is 0.891 bits per heavy atom. The second-order valence-corrected chi connectivity index (χ2v) is 13.4. The molecule has 242 valence electrons. The van der Waals surface area contributed by atoms with Crippen molar-refractivity contribution in [1.29, 1.82) is 0 Å². The van der Waals surface area contributed by atoms with Gasteiger partial charge in [-0.15, -0.1) is 0 Å². The molecule has 4 aromatic rings. The largest absolute Gasteiger partial charge is 0.495 e. The van der Waals surface area contributed by atoms with E-state index in [1.54, 1.807) is 24.3 Å². The van der Waals surface area contributed by atoms with Crippen LogP contribution >= 0.6 is 11.6 Å². The molecule has 0 saturated heterocycles. The maximum atomic E-state index is 14.5. The number of amides is 2. The number of nitrogens with zero attached hydrogens (tertiary/aromatic N) is 2. The highest BCUT2D eigenvalue weighted by Gasteiger charge is 2.35. The number of carbonyl (C=O) groups excluding carboxylic acids is 2. The maximum absolute atomic E-state index is 14.5. The van der Waals surface area contributed by atoms with Gasteiger partial charge in [-0.05, 0) is 61.7 Å². The van der Waals surface area contributed by atoms with E-state index in [2.05, 4.69) is 5.32 Å². The van der Waals surface area contributed by atoms with Gasteiger partial charge in [-0.2, -0.15) is 0 Å². The predicted octanol–water partition coefficient (Wildman–Crippen LogP) is 6.41. The summed E-state index contributed by atoms with van der Waals surface area (Å²) < 4.78 is 34.7. The summed E-state index contributed by atoms with van der Waals surface area (Å²) in [6.07, 6.45) is 0.942. The first-order chi connectivity index (χ1) is 22.0. The highest BCUT2D eigenvalue weighted by Crippen LogP contribution is 2.32. The summed E-state index contributed by atoms with van der Waals surface area (Å²) in [7, 11) is -2.79. The van der Waals surface area contributed by atoms with Gasteiger partial charge in [-0.25, -0.2) is 8.42 Å². The molecule has 0 bridgehead atoms. The Morgan fingerprint density at radius 2 is 1.50 bits per heavy atom. The Labute approximate surface area is 277 Å². The molecule has 0 radical (unpaired) electrons. The minimum absolute atomic E-state index is 0.0165. The van der Waals surface area contributed by atoms with Crippen molar-refractivity contribution in [1.82, 2.24) is 10.2 Å². The zero-order chi connectivity index (χ0) is 33.3. The van der Waals surface area contributed by atoms with Gasteiger partial charge in [0.25, 0.3) is 10.0 Å². The molecule has 0 aliphatic rings. The molecule has 46 heavy (non-hydrogen) atoms. The van der Waals surface area contributed by atoms with Crippen molar-refractivity contribution in [2.75, 3.05) is 18.0 Å². The van der Waals surface area contributed by atoms with Crippen LogP contribution in [0.15, 0.2) is 108 Å². The van der Waals surface area contributed by atoms with E-state index in [-0.39, 0.29) is 40.5 Å². The number of hydrogen-bond acceptors (Lipinski definition) is 5. The minimum Gasteiger partial charge on any atom is -0.495 e. The van der Waals surface area contributed by atoms with Gasteiger partial charge in [0, 0.05) is 19.0 Å². The van der Waals surface area contributed by atoms with Crippen LogP contribution in [0, 0.1) is 6.92 Å². The molecule has 10 heteroatoms. The first-order valence-electron chi connectivity index (χ1n) is 15.1. The van der Waals surface area contributed by atoms with Gasteiger partial charge >= 0.3 is 0 Å². The fourth-order valence-electron chi connectivity index (χ4n) is 4.95. The number of ether oxygens (including phenoxy) is 1. The number of nitrogens with one attached hydrogen (secondary N) is 1. The molecule has 4 aromatic carbocycles. The Kier molecular flexibility index (Phi) is 11.8. The van der Waals surface area contributed by atoms with E-state index < -0.39 is 28.5 Å². The molecule has 0 aromatic heterocycles. The number of hydrogen-bond donors (Lipinski definition) is 1. The van der Waals surface area contributed by atoms with Gasteiger partial charge in [0.1, 0.15) is 18.3 Å². The zero-order valence-electron chi connectivity index (χ0n) is 26.5. The Bertz CT molecular complexity index is 1720. The van der Waals surface area contributed by atoms with E-state index in [0.29, 0.717) is 12.2 Å². The molecule has 0 heterocycles. The van der Waals surface area contributed by atoms with Gasteiger partial charge in [0.2, 0.25) is 11.8 Å². The molecule has 0 aliphatic carbocycles. The number of sulfonamides is 1. The number of anilines is 1. The van der Waals surface area contributed by atoms with E-state index >= 15 is 0 Å². The standard InChI is InChI=1S/C36H40ClN3O5S/c1-5-27(3)38-36(42)33(22-28-12-8-6-9-13-28)39(24-29-14-10-7-11-15-29)35(41)25-40(30-18-21-34(45-4)32(37)23-30)46(43,44)31-19-16-26(2)17-20-31/h6-21,23,27,33H,5,22,24-25H2,1-4H3,(H,38,42)/t27-,33-/m0/s1. The number of benzene rings is 4. The third-order valence-electron chi connectivity index (χ3n) is 7.78. The second-order valence-electron chi connectivity index (χ2n) is 11.2. The highest BCUT2D eigenvalue weighted by atomic mass is 35.5. The van der Waals surface area contributed by atoms with Gasteiger partial charge in [-0.1, -0.05) is 96.9 Å². The number of halogens is 1. The van der Waals surface area contributed by atoms with E-state index in [4.69, 9.17) is 16.3 Å². The van der Waals surface area contributed by atoms with Crippen LogP contribution in [0.5, 0.6) is 5.75 Å². The molecule has 2 amide bonds. The van der Waals surface area contributed by atoms with Gasteiger partial charge in [0.05, 0.1) is 22.7 Å². The van der Waals surface area contributed by atoms with Crippen molar-refractivity contribution in [3.63, 3.8) is 0 Å². The first kappa shape index (κ1) is 34.5. The number of carbonyl (C=O) groups is 2. The zero-order valence-corrected chi connectivity index (χ0v) is 28.1. The SMILES string of the molecule is CC[C@H](C)NC(=O)[C@H](Cc1ccccc1)N(Cc1ccccc1)C(=O)CN(c1ccc(OC)c(Cl)c1)S(=O)(=O)c1ccc(C)cc1. The van der Waals surface area contributed by atoms with Crippen molar-refractivity contribution in [2.45, 2.75) is 57.1 Å².